The highest BCUT2D eigenvalue weighted by atomic mass is 16.5. The number of hydrogen-bond donors (Lipinski definition) is 2. The lowest BCUT2D eigenvalue weighted by molar-refractivity contribution is -0.127. The highest BCUT2D eigenvalue weighted by Crippen LogP contribution is 2.17. The minimum absolute atomic E-state index is 0.0212. The molecule has 1 rings (SSSR count). The molecule has 126 valence electrons. The normalized spacial score (nSPS) is 10.9. The lowest BCUT2D eigenvalue weighted by Gasteiger charge is -2.15. The van der Waals surface area contributed by atoms with E-state index in [1.54, 1.807) is 21.2 Å². The molecule has 0 aliphatic carbocycles. The summed E-state index contributed by atoms with van der Waals surface area (Å²) >= 11 is 0. The number of rotatable bonds is 7. The molecular formula is C17H26N4O2. The number of nitrogens with zero attached hydrogens (tertiary/aromatic N) is 2. The van der Waals surface area contributed by atoms with Crippen molar-refractivity contribution < 1.29 is 9.53 Å². The van der Waals surface area contributed by atoms with Gasteiger partial charge < -0.3 is 20.3 Å². The quantitative estimate of drug-likeness (QED) is 0.453. The summed E-state index contributed by atoms with van der Waals surface area (Å²) in [5.41, 5.74) is 1.96. The molecule has 0 bridgehead atoms. The summed E-state index contributed by atoms with van der Waals surface area (Å²) < 4.78 is 5.32. The molecule has 0 aliphatic rings. The third-order valence-corrected chi connectivity index (χ3v) is 3.06. The van der Waals surface area contributed by atoms with E-state index < -0.39 is 0 Å². The Morgan fingerprint density at radius 2 is 1.91 bits per heavy atom. The van der Waals surface area contributed by atoms with Crippen LogP contribution in [-0.4, -0.2) is 51.1 Å². The summed E-state index contributed by atoms with van der Waals surface area (Å²) in [6, 6.07) is 7.72. The molecule has 23 heavy (non-hydrogen) atoms. The number of guanidine groups is 1. The van der Waals surface area contributed by atoms with Gasteiger partial charge in [-0.15, -0.1) is 0 Å². The van der Waals surface area contributed by atoms with Crippen LogP contribution in [0.2, 0.25) is 0 Å². The Kier molecular flexibility index (Phi) is 7.66. The highest BCUT2D eigenvalue weighted by molar-refractivity contribution is 5.86. The molecule has 0 atom stereocenters. The first kappa shape index (κ1) is 18.5. The fraction of sp³-hybridized carbons (Fsp3) is 0.412. The molecule has 1 amide bonds. The second-order valence-corrected chi connectivity index (χ2v) is 5.43. The third-order valence-electron chi connectivity index (χ3n) is 3.06. The fourth-order valence-corrected chi connectivity index (χ4v) is 1.72. The molecule has 0 fully saturated rings. The Morgan fingerprint density at radius 1 is 1.26 bits per heavy atom. The molecule has 6 heteroatoms. The number of ether oxygens (including phenoxy) is 1. The van der Waals surface area contributed by atoms with Crippen molar-refractivity contribution in [3.63, 3.8) is 0 Å². The number of amides is 1. The molecule has 0 aromatic heterocycles. The zero-order valence-electron chi connectivity index (χ0n) is 14.3. The standard InChI is InChI=1S/C17H26N4O2/c1-13(2)10-18-17(20-12-16(22)21(3)4)19-11-14-8-6-7-9-15(14)23-5/h6-9H,1,10-12H2,2-5H3,(H2,18,19,20). The van der Waals surface area contributed by atoms with Gasteiger partial charge in [-0.1, -0.05) is 30.4 Å². The van der Waals surface area contributed by atoms with E-state index in [2.05, 4.69) is 22.2 Å². The molecule has 0 saturated heterocycles. The van der Waals surface area contributed by atoms with Gasteiger partial charge in [0.1, 0.15) is 5.75 Å². The number of benzene rings is 1. The first-order chi connectivity index (χ1) is 10.9. The van der Waals surface area contributed by atoms with Gasteiger partial charge in [0.15, 0.2) is 5.96 Å². The van der Waals surface area contributed by atoms with E-state index in [1.165, 1.54) is 4.90 Å². The van der Waals surface area contributed by atoms with E-state index in [4.69, 9.17) is 4.74 Å². The SMILES string of the molecule is C=C(C)CNC(=NCc1ccccc1OC)NCC(=O)N(C)C. The monoisotopic (exact) mass is 318 g/mol. The van der Waals surface area contributed by atoms with Crippen LogP contribution in [0.15, 0.2) is 41.4 Å². The topological polar surface area (TPSA) is 66.0 Å². The molecule has 1 aromatic rings. The van der Waals surface area contributed by atoms with Gasteiger partial charge in [-0.3, -0.25) is 4.79 Å². The minimum Gasteiger partial charge on any atom is -0.496 e. The maximum atomic E-state index is 11.7. The van der Waals surface area contributed by atoms with Crippen LogP contribution in [0.1, 0.15) is 12.5 Å². The zero-order valence-corrected chi connectivity index (χ0v) is 14.3. The summed E-state index contributed by atoms with van der Waals surface area (Å²) in [6.07, 6.45) is 0. The molecule has 0 saturated carbocycles. The Hall–Kier alpha value is -2.50. The Balaban J connectivity index is 2.76. The van der Waals surface area contributed by atoms with Crippen LogP contribution < -0.4 is 15.4 Å². The van der Waals surface area contributed by atoms with Crippen LogP contribution in [0.25, 0.3) is 0 Å². The molecule has 0 radical (unpaired) electrons. The van der Waals surface area contributed by atoms with Crippen molar-refractivity contribution in [1.29, 1.82) is 0 Å². The van der Waals surface area contributed by atoms with Gasteiger partial charge >= 0.3 is 0 Å². The van der Waals surface area contributed by atoms with Gasteiger partial charge in [-0.25, -0.2) is 4.99 Å². The van der Waals surface area contributed by atoms with Crippen molar-refractivity contribution in [2.24, 2.45) is 4.99 Å². The zero-order chi connectivity index (χ0) is 17.2. The molecule has 2 N–H and O–H groups in total. The second kappa shape index (κ2) is 9.50. The maximum absolute atomic E-state index is 11.7. The smallest absolute Gasteiger partial charge is 0.241 e. The molecule has 0 unspecified atom stereocenters. The fourth-order valence-electron chi connectivity index (χ4n) is 1.72. The molecule has 0 heterocycles. The van der Waals surface area contributed by atoms with Gasteiger partial charge in [-0.05, 0) is 13.0 Å². The Bertz CT molecular complexity index is 567. The molecule has 0 spiro atoms. The molecule has 1 aromatic carbocycles. The van der Waals surface area contributed by atoms with Gasteiger partial charge in [0, 0.05) is 26.2 Å². The third kappa shape index (κ3) is 6.86. The predicted octanol–water partition coefficient (Wildman–Crippen LogP) is 1.39. The predicted molar refractivity (Wildman–Crippen MR) is 93.6 cm³/mol. The summed E-state index contributed by atoms with van der Waals surface area (Å²) in [7, 11) is 5.07. The van der Waals surface area contributed by atoms with Crippen molar-refractivity contribution in [2.75, 3.05) is 34.3 Å². The number of aliphatic imine (C=N–C) groups is 1. The first-order valence-corrected chi connectivity index (χ1v) is 7.42. The van der Waals surface area contributed by atoms with Crippen molar-refractivity contribution in [3.05, 3.63) is 42.0 Å². The number of carbonyl (C=O) groups excluding carboxylic acids is 1. The van der Waals surface area contributed by atoms with E-state index in [9.17, 15) is 4.79 Å². The number of carbonyl (C=O) groups is 1. The van der Waals surface area contributed by atoms with Crippen LogP contribution in [0.3, 0.4) is 0 Å². The van der Waals surface area contributed by atoms with Gasteiger partial charge in [0.25, 0.3) is 0 Å². The van der Waals surface area contributed by atoms with E-state index in [0.29, 0.717) is 19.0 Å². The Labute approximate surface area is 138 Å². The van der Waals surface area contributed by atoms with Gasteiger partial charge in [-0.2, -0.15) is 0 Å². The first-order valence-electron chi connectivity index (χ1n) is 7.42. The number of nitrogens with one attached hydrogen (secondary N) is 2. The van der Waals surface area contributed by atoms with Crippen molar-refractivity contribution in [2.45, 2.75) is 13.5 Å². The lowest BCUT2D eigenvalue weighted by Crippen LogP contribution is -2.43. The summed E-state index contributed by atoms with van der Waals surface area (Å²) in [6.45, 7) is 7.00. The van der Waals surface area contributed by atoms with Crippen molar-refractivity contribution in [3.8, 4) is 5.75 Å². The van der Waals surface area contributed by atoms with Crippen molar-refractivity contribution >= 4 is 11.9 Å². The van der Waals surface area contributed by atoms with Crippen molar-refractivity contribution in [1.82, 2.24) is 15.5 Å². The van der Waals surface area contributed by atoms with Gasteiger partial charge in [0.2, 0.25) is 5.91 Å². The average Bonchev–Trinajstić information content (AvgIpc) is 2.53. The van der Waals surface area contributed by atoms with Gasteiger partial charge in [0.05, 0.1) is 20.2 Å². The van der Waals surface area contributed by atoms with Crippen LogP contribution in [0.5, 0.6) is 5.75 Å². The lowest BCUT2D eigenvalue weighted by atomic mass is 10.2. The molecule has 0 aliphatic heterocycles. The number of hydrogen-bond acceptors (Lipinski definition) is 3. The average molecular weight is 318 g/mol. The summed E-state index contributed by atoms with van der Waals surface area (Å²) in [4.78, 5) is 17.7. The van der Waals surface area contributed by atoms with E-state index in [1.807, 2.05) is 31.2 Å². The number of para-hydroxylation sites is 1. The van der Waals surface area contributed by atoms with Crippen LogP contribution in [-0.2, 0) is 11.3 Å². The number of methoxy groups -OCH3 is 1. The van der Waals surface area contributed by atoms with Crippen LogP contribution >= 0.6 is 0 Å². The Morgan fingerprint density at radius 3 is 2.52 bits per heavy atom. The van der Waals surface area contributed by atoms with E-state index in [0.717, 1.165) is 16.9 Å². The van der Waals surface area contributed by atoms with Crippen LogP contribution in [0, 0.1) is 0 Å². The highest BCUT2D eigenvalue weighted by Gasteiger charge is 2.06. The van der Waals surface area contributed by atoms with Crippen LogP contribution in [0.4, 0.5) is 0 Å². The van der Waals surface area contributed by atoms with E-state index >= 15 is 0 Å². The second-order valence-electron chi connectivity index (χ2n) is 5.43. The van der Waals surface area contributed by atoms with E-state index in [-0.39, 0.29) is 12.5 Å². The number of likely N-dealkylation sites (N-methyl/N-ethyl adjacent to an activating group) is 1. The molecule has 6 nitrogen and oxygen atoms in total. The largest absolute Gasteiger partial charge is 0.496 e. The summed E-state index contributed by atoms with van der Waals surface area (Å²) in [5, 5.41) is 6.18. The maximum Gasteiger partial charge on any atom is 0.241 e. The minimum atomic E-state index is -0.0212. The summed E-state index contributed by atoms with van der Waals surface area (Å²) in [5.74, 6) is 1.33. The molecular weight excluding hydrogens is 292 g/mol.